The number of methoxy groups -OCH3 is 1. The summed E-state index contributed by atoms with van der Waals surface area (Å²) in [5, 5.41) is 0. The van der Waals surface area contributed by atoms with E-state index < -0.39 is 0 Å². The van der Waals surface area contributed by atoms with Gasteiger partial charge in [0.1, 0.15) is 0 Å². The van der Waals surface area contributed by atoms with Gasteiger partial charge in [-0.15, -0.1) is 11.3 Å². The van der Waals surface area contributed by atoms with Crippen LogP contribution in [0.2, 0.25) is 0 Å². The lowest BCUT2D eigenvalue weighted by molar-refractivity contribution is 0.187. The van der Waals surface area contributed by atoms with Crippen LogP contribution in [0.3, 0.4) is 0 Å². The molecule has 0 aliphatic carbocycles. The summed E-state index contributed by atoms with van der Waals surface area (Å²) in [6.45, 7) is 0.654. The molecule has 1 rings (SSSR count). The van der Waals surface area contributed by atoms with Crippen LogP contribution < -0.4 is 0 Å². The van der Waals surface area contributed by atoms with Gasteiger partial charge in [-0.1, -0.05) is 0 Å². The third-order valence-corrected chi connectivity index (χ3v) is 1.41. The molecule has 1 aromatic heterocycles. The van der Waals surface area contributed by atoms with E-state index in [0.29, 0.717) is 6.61 Å². The number of hydrogen-bond donors (Lipinski definition) is 0. The van der Waals surface area contributed by atoms with Crippen molar-refractivity contribution >= 4 is 11.3 Å². The van der Waals surface area contributed by atoms with Gasteiger partial charge < -0.3 is 4.74 Å². The third-order valence-electron chi connectivity index (χ3n) is 0.725. The van der Waals surface area contributed by atoms with Crippen LogP contribution in [0.4, 0.5) is 0 Å². The Morgan fingerprint density at radius 3 is 3.38 bits per heavy atom. The van der Waals surface area contributed by atoms with Crippen molar-refractivity contribution in [1.82, 2.24) is 4.98 Å². The van der Waals surface area contributed by atoms with Crippen molar-refractivity contribution in [3.8, 4) is 0 Å². The lowest BCUT2D eigenvalue weighted by Crippen LogP contribution is -1.79. The first kappa shape index (κ1) is 5.72. The Balaban J connectivity index is 2.50. The first-order chi connectivity index (χ1) is 3.93. The van der Waals surface area contributed by atoms with Crippen LogP contribution in [0.25, 0.3) is 0 Å². The molecule has 0 amide bonds. The molecule has 0 atom stereocenters. The molecule has 0 aliphatic heterocycles. The maximum atomic E-state index is 4.84. The fourth-order valence-electron chi connectivity index (χ4n) is 0.419. The van der Waals surface area contributed by atoms with Gasteiger partial charge in [0.15, 0.2) is 5.51 Å². The van der Waals surface area contributed by atoms with Gasteiger partial charge in [0, 0.05) is 13.3 Å². The number of nitrogens with zero attached hydrogens (tertiary/aromatic N) is 1. The highest BCUT2D eigenvalue weighted by Crippen LogP contribution is 2.04. The van der Waals surface area contributed by atoms with E-state index in [4.69, 9.17) is 4.74 Å². The van der Waals surface area contributed by atoms with Gasteiger partial charge in [-0.2, -0.15) is 0 Å². The molecule has 2 nitrogen and oxygen atoms in total. The van der Waals surface area contributed by atoms with Crippen molar-refractivity contribution in [2.75, 3.05) is 7.11 Å². The lowest BCUT2D eigenvalue weighted by Gasteiger charge is -1.87. The van der Waals surface area contributed by atoms with Gasteiger partial charge in [0.2, 0.25) is 0 Å². The van der Waals surface area contributed by atoms with Crippen molar-refractivity contribution in [1.29, 1.82) is 0 Å². The Hall–Kier alpha value is -0.410. The third kappa shape index (κ3) is 1.28. The number of aromatic nitrogens is 1. The van der Waals surface area contributed by atoms with E-state index in [2.05, 4.69) is 10.5 Å². The highest BCUT2D eigenvalue weighted by Gasteiger charge is 1.89. The van der Waals surface area contributed by atoms with Crippen molar-refractivity contribution < 1.29 is 4.74 Å². The molecule has 0 saturated heterocycles. The molecule has 0 fully saturated rings. The van der Waals surface area contributed by atoms with Gasteiger partial charge in [0.25, 0.3) is 0 Å². The summed E-state index contributed by atoms with van der Waals surface area (Å²) >= 11 is 1.49. The number of thiazole rings is 1. The Kier molecular flexibility index (Phi) is 2.00. The van der Waals surface area contributed by atoms with E-state index in [1.54, 1.807) is 13.3 Å². The number of ether oxygens (including phenoxy) is 1. The monoisotopic (exact) mass is 128 g/mol. The van der Waals surface area contributed by atoms with Gasteiger partial charge in [0.05, 0.1) is 11.5 Å². The smallest absolute Gasteiger partial charge is 0.152 e. The van der Waals surface area contributed by atoms with E-state index in [-0.39, 0.29) is 0 Å². The quantitative estimate of drug-likeness (QED) is 0.594. The van der Waals surface area contributed by atoms with Gasteiger partial charge in [-0.25, -0.2) is 4.98 Å². The summed E-state index contributed by atoms with van der Waals surface area (Å²) in [6.07, 6.45) is 1.76. The number of rotatable bonds is 2. The van der Waals surface area contributed by atoms with Crippen LogP contribution in [-0.4, -0.2) is 12.1 Å². The topological polar surface area (TPSA) is 22.1 Å². The van der Waals surface area contributed by atoms with Crippen LogP contribution in [0.5, 0.6) is 0 Å². The molecule has 0 spiro atoms. The first-order valence-corrected chi connectivity index (χ1v) is 3.05. The zero-order valence-electron chi connectivity index (χ0n) is 4.55. The molecular formula is C5H6NOS. The maximum Gasteiger partial charge on any atom is 0.152 e. The van der Waals surface area contributed by atoms with Crippen molar-refractivity contribution in [2.45, 2.75) is 6.61 Å². The van der Waals surface area contributed by atoms with Crippen LogP contribution in [-0.2, 0) is 11.3 Å². The second kappa shape index (κ2) is 2.79. The van der Waals surface area contributed by atoms with Crippen LogP contribution in [0.15, 0.2) is 6.20 Å². The lowest BCUT2D eigenvalue weighted by atomic mass is 10.6. The largest absolute Gasteiger partial charge is 0.379 e. The minimum Gasteiger partial charge on any atom is -0.379 e. The SMILES string of the molecule is COCc1cn[c]s1. The van der Waals surface area contributed by atoms with Crippen LogP contribution in [0, 0.1) is 5.51 Å². The second-order valence-corrected chi connectivity index (χ2v) is 2.26. The van der Waals surface area contributed by atoms with Crippen molar-refractivity contribution in [3.63, 3.8) is 0 Å². The summed E-state index contributed by atoms with van der Waals surface area (Å²) < 4.78 is 4.84. The Labute approximate surface area is 52.1 Å². The zero-order valence-corrected chi connectivity index (χ0v) is 5.36. The molecule has 1 aromatic rings. The molecule has 43 valence electrons. The minimum atomic E-state index is 0.654. The second-order valence-electron chi connectivity index (χ2n) is 1.35. The Morgan fingerprint density at radius 2 is 2.88 bits per heavy atom. The van der Waals surface area contributed by atoms with E-state index >= 15 is 0 Å². The molecule has 0 aliphatic rings. The molecule has 8 heavy (non-hydrogen) atoms. The Bertz CT molecular complexity index is 138. The van der Waals surface area contributed by atoms with Gasteiger partial charge in [-0.3, -0.25) is 0 Å². The highest BCUT2D eigenvalue weighted by atomic mass is 32.1. The van der Waals surface area contributed by atoms with Crippen molar-refractivity contribution in [3.05, 3.63) is 16.6 Å². The molecular weight excluding hydrogens is 122 g/mol. The molecule has 1 radical (unpaired) electrons. The summed E-state index contributed by atoms with van der Waals surface area (Å²) in [6, 6.07) is 0. The molecule has 0 unspecified atom stereocenters. The summed E-state index contributed by atoms with van der Waals surface area (Å²) in [4.78, 5) is 4.87. The predicted molar refractivity (Wildman–Crippen MR) is 31.7 cm³/mol. The number of hydrogen-bond acceptors (Lipinski definition) is 3. The van der Waals surface area contributed by atoms with Crippen molar-refractivity contribution in [2.24, 2.45) is 0 Å². The predicted octanol–water partition coefficient (Wildman–Crippen LogP) is 1.09. The van der Waals surface area contributed by atoms with E-state index in [1.807, 2.05) is 0 Å². The maximum absolute atomic E-state index is 4.84. The van der Waals surface area contributed by atoms with E-state index in [9.17, 15) is 0 Å². The van der Waals surface area contributed by atoms with Crippen LogP contribution in [0.1, 0.15) is 4.88 Å². The molecule has 0 N–H and O–H groups in total. The van der Waals surface area contributed by atoms with E-state index in [1.165, 1.54) is 11.3 Å². The average Bonchev–Trinajstić information content (AvgIpc) is 2.19. The summed E-state index contributed by atoms with van der Waals surface area (Å²) in [7, 11) is 1.67. The molecule has 1 heterocycles. The van der Waals surface area contributed by atoms with Gasteiger partial charge in [-0.05, 0) is 0 Å². The van der Waals surface area contributed by atoms with Gasteiger partial charge >= 0.3 is 0 Å². The molecule has 3 heteroatoms. The fraction of sp³-hybridized carbons (Fsp3) is 0.400. The Morgan fingerprint density at radius 1 is 2.00 bits per heavy atom. The fourth-order valence-corrected chi connectivity index (χ4v) is 0.924. The summed E-state index contributed by atoms with van der Waals surface area (Å²) in [5.74, 6) is 0. The normalized spacial score (nSPS) is 9.62. The average molecular weight is 128 g/mol. The molecule has 0 saturated carbocycles. The standard InChI is InChI=1S/C5H6NOS/c1-7-3-5-2-6-4-8-5/h2H,3H2,1H3. The highest BCUT2D eigenvalue weighted by molar-refractivity contribution is 7.09. The molecule has 0 aromatic carbocycles. The van der Waals surface area contributed by atoms with E-state index in [0.717, 1.165) is 4.88 Å². The first-order valence-electron chi connectivity index (χ1n) is 2.23. The summed E-state index contributed by atoms with van der Waals surface area (Å²) in [5.41, 5.74) is 2.73. The minimum absolute atomic E-state index is 0.654. The van der Waals surface area contributed by atoms with Crippen LogP contribution >= 0.6 is 11.3 Å². The molecule has 0 bridgehead atoms. The zero-order chi connectivity index (χ0) is 5.82.